The molecule has 0 aliphatic rings. The third kappa shape index (κ3) is 3.97. The smallest absolute Gasteiger partial charge is 0.251 e. The second kappa shape index (κ2) is 7.67. The van der Waals surface area contributed by atoms with Crippen molar-refractivity contribution >= 4 is 16.7 Å². The minimum absolute atomic E-state index is 0.0540. The molecule has 0 saturated carbocycles. The van der Waals surface area contributed by atoms with Crippen LogP contribution in [0.15, 0.2) is 36.4 Å². The number of fused-ring (bicyclic) bond motifs is 1. The number of carbonyl (C=O) groups is 1. The van der Waals surface area contributed by atoms with Crippen molar-refractivity contribution < 1.29 is 9.53 Å². The van der Waals surface area contributed by atoms with Crippen molar-refractivity contribution in [2.45, 2.75) is 33.1 Å². The highest BCUT2D eigenvalue weighted by molar-refractivity contribution is 6.00. The van der Waals surface area contributed by atoms with Crippen molar-refractivity contribution in [2.24, 2.45) is 0 Å². The average molecular weight is 285 g/mol. The van der Waals surface area contributed by atoms with Crippen molar-refractivity contribution in [1.29, 1.82) is 0 Å². The Morgan fingerprint density at radius 3 is 2.71 bits per heavy atom. The standard InChI is InChI=1S/C18H23NO2/c1-3-5-8-11-21-17-13-15(18(20)19-4-2)12-14-9-6-7-10-16(14)17/h6-7,9-10,12-13H,3-5,8,11H2,1-2H3,(H,19,20). The average Bonchev–Trinajstić information content (AvgIpc) is 2.51. The zero-order chi connectivity index (χ0) is 15.1. The number of ether oxygens (including phenoxy) is 1. The van der Waals surface area contributed by atoms with Gasteiger partial charge in [0, 0.05) is 17.5 Å². The number of nitrogens with one attached hydrogen (secondary N) is 1. The highest BCUT2D eigenvalue weighted by atomic mass is 16.5. The van der Waals surface area contributed by atoms with Gasteiger partial charge >= 0.3 is 0 Å². The monoisotopic (exact) mass is 285 g/mol. The van der Waals surface area contributed by atoms with Crippen LogP contribution in [0.3, 0.4) is 0 Å². The summed E-state index contributed by atoms with van der Waals surface area (Å²) >= 11 is 0. The van der Waals surface area contributed by atoms with Crippen LogP contribution in [0.25, 0.3) is 10.8 Å². The number of hydrogen-bond acceptors (Lipinski definition) is 2. The lowest BCUT2D eigenvalue weighted by atomic mass is 10.1. The van der Waals surface area contributed by atoms with Gasteiger partial charge in [0.2, 0.25) is 0 Å². The Balaban J connectivity index is 2.29. The lowest BCUT2D eigenvalue weighted by Gasteiger charge is -2.12. The van der Waals surface area contributed by atoms with E-state index in [9.17, 15) is 4.79 Å². The predicted octanol–water partition coefficient (Wildman–Crippen LogP) is 4.16. The summed E-state index contributed by atoms with van der Waals surface area (Å²) in [7, 11) is 0. The van der Waals surface area contributed by atoms with Gasteiger partial charge < -0.3 is 10.1 Å². The fourth-order valence-corrected chi connectivity index (χ4v) is 2.32. The van der Waals surface area contributed by atoms with Crippen LogP contribution in [-0.4, -0.2) is 19.1 Å². The molecule has 0 spiro atoms. The van der Waals surface area contributed by atoms with E-state index in [0.717, 1.165) is 29.4 Å². The Morgan fingerprint density at radius 2 is 1.95 bits per heavy atom. The van der Waals surface area contributed by atoms with Gasteiger partial charge in [0.05, 0.1) is 6.61 Å². The molecule has 0 heterocycles. The Hall–Kier alpha value is -2.03. The molecule has 3 nitrogen and oxygen atoms in total. The summed E-state index contributed by atoms with van der Waals surface area (Å²) < 4.78 is 5.91. The van der Waals surface area contributed by atoms with Crippen molar-refractivity contribution in [3.05, 3.63) is 42.0 Å². The van der Waals surface area contributed by atoms with Gasteiger partial charge in [-0.2, -0.15) is 0 Å². The van der Waals surface area contributed by atoms with Gasteiger partial charge in [-0.25, -0.2) is 0 Å². The van der Waals surface area contributed by atoms with Gasteiger partial charge in [-0.05, 0) is 30.9 Å². The van der Waals surface area contributed by atoms with Crippen LogP contribution >= 0.6 is 0 Å². The molecule has 0 aliphatic carbocycles. The molecular formula is C18H23NO2. The van der Waals surface area contributed by atoms with Crippen molar-refractivity contribution in [2.75, 3.05) is 13.2 Å². The molecule has 2 rings (SSSR count). The van der Waals surface area contributed by atoms with Gasteiger partial charge in [0.15, 0.2) is 0 Å². The normalized spacial score (nSPS) is 10.6. The molecule has 112 valence electrons. The minimum atomic E-state index is -0.0540. The van der Waals surface area contributed by atoms with Crippen LogP contribution in [0.5, 0.6) is 5.75 Å². The summed E-state index contributed by atoms with van der Waals surface area (Å²) in [6.45, 7) is 5.40. The molecular weight excluding hydrogens is 262 g/mol. The maximum absolute atomic E-state index is 12.1. The SMILES string of the molecule is CCCCCOc1cc(C(=O)NCC)cc2ccccc12. The minimum Gasteiger partial charge on any atom is -0.493 e. The molecule has 0 aliphatic heterocycles. The van der Waals surface area contributed by atoms with Crippen LogP contribution in [0.1, 0.15) is 43.5 Å². The molecule has 1 N–H and O–H groups in total. The topological polar surface area (TPSA) is 38.3 Å². The molecule has 3 heteroatoms. The summed E-state index contributed by atoms with van der Waals surface area (Å²) in [5, 5.41) is 4.93. The highest BCUT2D eigenvalue weighted by Gasteiger charge is 2.10. The molecule has 21 heavy (non-hydrogen) atoms. The van der Waals surface area contributed by atoms with Crippen LogP contribution in [-0.2, 0) is 0 Å². The van der Waals surface area contributed by atoms with Crippen molar-refractivity contribution in [1.82, 2.24) is 5.32 Å². The van der Waals surface area contributed by atoms with Crippen molar-refractivity contribution in [3.63, 3.8) is 0 Å². The summed E-state index contributed by atoms with van der Waals surface area (Å²) in [6, 6.07) is 11.8. The van der Waals surface area contributed by atoms with E-state index in [1.54, 1.807) is 0 Å². The van der Waals surface area contributed by atoms with E-state index < -0.39 is 0 Å². The van der Waals surface area contributed by atoms with Gasteiger partial charge in [0.25, 0.3) is 5.91 Å². The molecule has 0 atom stereocenters. The molecule has 0 radical (unpaired) electrons. The third-order valence-corrected chi connectivity index (χ3v) is 3.43. The van der Waals surface area contributed by atoms with Crippen LogP contribution < -0.4 is 10.1 Å². The largest absolute Gasteiger partial charge is 0.493 e. The molecule has 1 amide bonds. The van der Waals surface area contributed by atoms with Crippen LogP contribution in [0.2, 0.25) is 0 Å². The molecule has 0 fully saturated rings. The maximum Gasteiger partial charge on any atom is 0.251 e. The number of carbonyl (C=O) groups excluding carboxylic acids is 1. The first-order valence-electron chi connectivity index (χ1n) is 7.70. The Kier molecular flexibility index (Phi) is 5.61. The first-order valence-corrected chi connectivity index (χ1v) is 7.70. The number of amides is 1. The van der Waals surface area contributed by atoms with Gasteiger partial charge in [0.1, 0.15) is 5.75 Å². The Labute approximate surface area is 126 Å². The van der Waals surface area contributed by atoms with Gasteiger partial charge in [-0.1, -0.05) is 44.0 Å². The molecule has 2 aromatic carbocycles. The second-order valence-corrected chi connectivity index (χ2v) is 5.11. The molecule has 0 unspecified atom stereocenters. The highest BCUT2D eigenvalue weighted by Crippen LogP contribution is 2.28. The quantitative estimate of drug-likeness (QED) is 0.776. The summed E-state index contributed by atoms with van der Waals surface area (Å²) in [5.74, 6) is 0.743. The first kappa shape index (κ1) is 15.4. The summed E-state index contributed by atoms with van der Waals surface area (Å²) in [6.07, 6.45) is 3.37. The summed E-state index contributed by atoms with van der Waals surface area (Å²) in [4.78, 5) is 12.1. The maximum atomic E-state index is 12.1. The van der Waals surface area contributed by atoms with E-state index in [2.05, 4.69) is 12.2 Å². The van der Waals surface area contributed by atoms with Crippen LogP contribution in [0, 0.1) is 0 Å². The number of rotatable bonds is 7. The van der Waals surface area contributed by atoms with E-state index in [1.807, 2.05) is 43.3 Å². The molecule has 2 aromatic rings. The van der Waals surface area contributed by atoms with Crippen molar-refractivity contribution in [3.8, 4) is 5.75 Å². The van der Waals surface area contributed by atoms with Crippen LogP contribution in [0.4, 0.5) is 0 Å². The fraction of sp³-hybridized carbons (Fsp3) is 0.389. The zero-order valence-electron chi connectivity index (χ0n) is 12.8. The third-order valence-electron chi connectivity index (χ3n) is 3.43. The number of hydrogen-bond donors (Lipinski definition) is 1. The first-order chi connectivity index (χ1) is 10.3. The van der Waals surface area contributed by atoms with E-state index in [1.165, 1.54) is 6.42 Å². The van der Waals surface area contributed by atoms with E-state index in [4.69, 9.17) is 4.74 Å². The van der Waals surface area contributed by atoms with E-state index in [0.29, 0.717) is 18.7 Å². The Morgan fingerprint density at radius 1 is 1.14 bits per heavy atom. The number of unbranched alkanes of at least 4 members (excludes halogenated alkanes) is 2. The molecule has 0 aromatic heterocycles. The summed E-state index contributed by atoms with van der Waals surface area (Å²) in [5.41, 5.74) is 0.654. The molecule has 0 saturated heterocycles. The van der Waals surface area contributed by atoms with E-state index in [-0.39, 0.29) is 5.91 Å². The fourth-order valence-electron chi connectivity index (χ4n) is 2.32. The predicted molar refractivity (Wildman–Crippen MR) is 87.0 cm³/mol. The Bertz CT molecular complexity index is 607. The number of benzene rings is 2. The van der Waals surface area contributed by atoms with Gasteiger partial charge in [-0.15, -0.1) is 0 Å². The zero-order valence-corrected chi connectivity index (χ0v) is 12.8. The molecule has 0 bridgehead atoms. The lowest BCUT2D eigenvalue weighted by Crippen LogP contribution is -2.22. The second-order valence-electron chi connectivity index (χ2n) is 5.11. The van der Waals surface area contributed by atoms with E-state index >= 15 is 0 Å². The lowest BCUT2D eigenvalue weighted by molar-refractivity contribution is 0.0955. The van der Waals surface area contributed by atoms with Gasteiger partial charge in [-0.3, -0.25) is 4.79 Å².